The molecule has 3 heterocycles. The lowest BCUT2D eigenvalue weighted by Gasteiger charge is -2.28. The van der Waals surface area contributed by atoms with Crippen LogP contribution in [0.3, 0.4) is 0 Å². The maximum atomic E-state index is 6.39. The summed E-state index contributed by atoms with van der Waals surface area (Å²) in [6, 6.07) is 8.10. The number of nitrogen functional groups attached to an aromatic ring is 1. The highest BCUT2D eigenvalue weighted by Crippen LogP contribution is 2.30. The summed E-state index contributed by atoms with van der Waals surface area (Å²) in [5.41, 5.74) is 8.58. The second-order valence-corrected chi connectivity index (χ2v) is 9.68. The van der Waals surface area contributed by atoms with Gasteiger partial charge in [-0.1, -0.05) is 24.6 Å². The molecule has 1 aliphatic rings. The van der Waals surface area contributed by atoms with Crippen LogP contribution in [0.2, 0.25) is 0 Å². The normalized spacial score (nSPS) is 15.6. The predicted octanol–water partition coefficient (Wildman–Crippen LogP) is 4.76. The van der Waals surface area contributed by atoms with Crippen LogP contribution in [-0.4, -0.2) is 57.9 Å². The monoisotopic (exact) mass is 453 g/mol. The molecular weight excluding hydrogens is 414 g/mol. The fourth-order valence-corrected chi connectivity index (χ4v) is 4.77. The van der Waals surface area contributed by atoms with E-state index in [1.807, 2.05) is 25.1 Å². The van der Waals surface area contributed by atoms with Crippen LogP contribution in [0.5, 0.6) is 0 Å². The van der Waals surface area contributed by atoms with Gasteiger partial charge in [0.2, 0.25) is 0 Å². The Labute approximate surface area is 197 Å². The van der Waals surface area contributed by atoms with Crippen molar-refractivity contribution in [2.24, 2.45) is 0 Å². The van der Waals surface area contributed by atoms with Crippen molar-refractivity contribution in [1.29, 1.82) is 0 Å². The molecular formula is C26H39N5O2. The number of nitrogens with two attached hydrogens (primary N) is 1. The zero-order chi connectivity index (χ0) is 23.3. The van der Waals surface area contributed by atoms with Gasteiger partial charge in [0.05, 0.1) is 23.2 Å². The maximum absolute atomic E-state index is 6.39. The van der Waals surface area contributed by atoms with Gasteiger partial charge in [-0.05, 0) is 72.2 Å². The third-order valence-corrected chi connectivity index (χ3v) is 6.47. The van der Waals surface area contributed by atoms with Crippen molar-refractivity contribution in [3.05, 3.63) is 30.1 Å². The molecule has 180 valence electrons. The van der Waals surface area contributed by atoms with Crippen LogP contribution < -0.4 is 5.73 Å². The second-order valence-electron chi connectivity index (χ2n) is 9.68. The minimum atomic E-state index is -0.348. The lowest BCUT2D eigenvalue weighted by Crippen LogP contribution is -2.33. The van der Waals surface area contributed by atoms with Gasteiger partial charge in [0, 0.05) is 18.6 Å². The molecule has 1 aromatic carbocycles. The molecule has 0 unspecified atom stereocenters. The minimum Gasteiger partial charge on any atom is -0.382 e. The number of benzene rings is 1. The highest BCUT2D eigenvalue weighted by atomic mass is 16.5. The number of imidazole rings is 1. The number of anilines is 1. The molecule has 2 aromatic heterocycles. The lowest BCUT2D eigenvalue weighted by molar-refractivity contribution is -0.0320. The smallest absolute Gasteiger partial charge is 0.152 e. The standard InChI is InChI=1S/C26H39N5O2/c1-4-32-18-22-29-23-24(20-12-6-7-13-21(20)28-25(23)27)31(22)19-26(2,3)33-17-11-10-16-30-14-8-5-9-15-30/h6-7,12-13H,4-5,8-11,14-19H2,1-3H3,(H2,27,28). The topological polar surface area (TPSA) is 78.4 Å². The van der Waals surface area contributed by atoms with Crippen LogP contribution in [0.4, 0.5) is 5.82 Å². The zero-order valence-corrected chi connectivity index (χ0v) is 20.5. The van der Waals surface area contributed by atoms with E-state index in [0.717, 1.165) is 40.8 Å². The zero-order valence-electron chi connectivity index (χ0n) is 20.5. The number of rotatable bonds is 11. The molecule has 0 aliphatic carbocycles. The van der Waals surface area contributed by atoms with Crippen LogP contribution in [0.25, 0.3) is 21.9 Å². The van der Waals surface area contributed by atoms with Gasteiger partial charge in [-0.25, -0.2) is 9.97 Å². The van der Waals surface area contributed by atoms with Crippen molar-refractivity contribution in [2.75, 3.05) is 38.6 Å². The van der Waals surface area contributed by atoms with Crippen molar-refractivity contribution in [1.82, 2.24) is 19.4 Å². The molecule has 1 aliphatic heterocycles. The number of para-hydroxylation sites is 1. The molecule has 0 saturated carbocycles. The van der Waals surface area contributed by atoms with E-state index < -0.39 is 0 Å². The Kier molecular flexibility index (Phi) is 7.83. The number of unbranched alkanes of at least 4 members (excludes halogenated alkanes) is 1. The predicted molar refractivity (Wildman–Crippen MR) is 134 cm³/mol. The summed E-state index contributed by atoms with van der Waals surface area (Å²) in [5, 5.41) is 1.05. The third kappa shape index (κ3) is 5.83. The molecule has 1 saturated heterocycles. The highest BCUT2D eigenvalue weighted by molar-refractivity contribution is 6.06. The molecule has 3 aromatic rings. The molecule has 0 spiro atoms. The van der Waals surface area contributed by atoms with Crippen LogP contribution in [-0.2, 0) is 22.6 Å². The fraction of sp³-hybridized carbons (Fsp3) is 0.615. The summed E-state index contributed by atoms with van der Waals surface area (Å²) in [6.45, 7) is 12.5. The molecule has 4 rings (SSSR count). The van der Waals surface area contributed by atoms with Gasteiger partial charge in [0.15, 0.2) is 5.82 Å². The average molecular weight is 454 g/mol. The summed E-state index contributed by atoms with van der Waals surface area (Å²) in [7, 11) is 0. The van der Waals surface area contributed by atoms with Gasteiger partial charge in [-0.2, -0.15) is 0 Å². The second kappa shape index (κ2) is 10.8. The summed E-state index contributed by atoms with van der Waals surface area (Å²) in [6.07, 6.45) is 6.35. The van der Waals surface area contributed by atoms with E-state index in [9.17, 15) is 0 Å². The van der Waals surface area contributed by atoms with Gasteiger partial charge in [-0.15, -0.1) is 0 Å². The number of piperidine rings is 1. The quantitative estimate of drug-likeness (QED) is 0.422. The van der Waals surface area contributed by atoms with Gasteiger partial charge < -0.3 is 24.7 Å². The average Bonchev–Trinajstić information content (AvgIpc) is 3.16. The number of hydrogen-bond acceptors (Lipinski definition) is 6. The first-order valence-corrected chi connectivity index (χ1v) is 12.5. The Hall–Kier alpha value is -2.22. The Bertz CT molecular complexity index is 1060. The number of aromatic nitrogens is 3. The summed E-state index contributed by atoms with van der Waals surface area (Å²) < 4.78 is 14.3. The van der Waals surface area contributed by atoms with Crippen molar-refractivity contribution in [3.63, 3.8) is 0 Å². The Morgan fingerprint density at radius 2 is 1.85 bits per heavy atom. The number of pyridine rings is 1. The number of fused-ring (bicyclic) bond motifs is 3. The van der Waals surface area contributed by atoms with E-state index in [-0.39, 0.29) is 5.60 Å². The largest absolute Gasteiger partial charge is 0.382 e. The first-order valence-electron chi connectivity index (χ1n) is 12.5. The number of ether oxygens (including phenoxy) is 2. The minimum absolute atomic E-state index is 0.348. The summed E-state index contributed by atoms with van der Waals surface area (Å²) in [4.78, 5) is 12.0. The maximum Gasteiger partial charge on any atom is 0.152 e. The van der Waals surface area contributed by atoms with Crippen molar-refractivity contribution >= 4 is 27.8 Å². The molecule has 7 heteroatoms. The third-order valence-electron chi connectivity index (χ3n) is 6.47. The fourth-order valence-electron chi connectivity index (χ4n) is 4.77. The molecule has 0 bridgehead atoms. The Morgan fingerprint density at radius 1 is 1.06 bits per heavy atom. The number of hydrogen-bond donors (Lipinski definition) is 1. The number of likely N-dealkylation sites (tertiary alicyclic amines) is 1. The van der Waals surface area contributed by atoms with E-state index in [0.29, 0.717) is 25.6 Å². The van der Waals surface area contributed by atoms with Crippen LogP contribution >= 0.6 is 0 Å². The van der Waals surface area contributed by atoms with Crippen LogP contribution in [0, 0.1) is 0 Å². The van der Waals surface area contributed by atoms with Crippen molar-refractivity contribution in [3.8, 4) is 0 Å². The van der Waals surface area contributed by atoms with Crippen LogP contribution in [0.1, 0.15) is 58.7 Å². The summed E-state index contributed by atoms with van der Waals surface area (Å²) >= 11 is 0. The molecule has 0 radical (unpaired) electrons. The first kappa shape index (κ1) is 23.9. The van der Waals surface area contributed by atoms with Gasteiger partial charge in [-0.3, -0.25) is 0 Å². The van der Waals surface area contributed by atoms with Crippen LogP contribution in [0.15, 0.2) is 24.3 Å². The van der Waals surface area contributed by atoms with Gasteiger partial charge in [0.25, 0.3) is 0 Å². The Morgan fingerprint density at radius 3 is 2.64 bits per heavy atom. The first-order chi connectivity index (χ1) is 16.0. The van der Waals surface area contributed by atoms with Gasteiger partial charge in [0.1, 0.15) is 17.9 Å². The van der Waals surface area contributed by atoms with Crippen molar-refractivity contribution in [2.45, 2.75) is 71.6 Å². The van der Waals surface area contributed by atoms with Crippen molar-refractivity contribution < 1.29 is 9.47 Å². The van der Waals surface area contributed by atoms with E-state index >= 15 is 0 Å². The lowest BCUT2D eigenvalue weighted by atomic mass is 10.1. The summed E-state index contributed by atoms with van der Waals surface area (Å²) in [5.74, 6) is 1.31. The molecule has 2 N–H and O–H groups in total. The molecule has 7 nitrogen and oxygen atoms in total. The molecule has 1 fully saturated rings. The molecule has 0 atom stereocenters. The van der Waals surface area contributed by atoms with E-state index in [1.54, 1.807) is 0 Å². The SMILES string of the molecule is CCOCc1nc2c(N)nc3ccccc3c2n1CC(C)(C)OCCCCN1CCCCC1. The molecule has 33 heavy (non-hydrogen) atoms. The van der Waals surface area contributed by atoms with E-state index in [1.165, 1.54) is 45.3 Å². The number of nitrogens with zero attached hydrogens (tertiary/aromatic N) is 4. The van der Waals surface area contributed by atoms with Gasteiger partial charge >= 0.3 is 0 Å². The Balaban J connectivity index is 1.49. The highest BCUT2D eigenvalue weighted by Gasteiger charge is 2.25. The van der Waals surface area contributed by atoms with E-state index in [4.69, 9.17) is 20.2 Å². The molecule has 0 amide bonds. The van der Waals surface area contributed by atoms with E-state index in [2.05, 4.69) is 34.4 Å².